The van der Waals surface area contributed by atoms with Crippen LogP contribution in [0.25, 0.3) is 11.0 Å². The maximum atomic E-state index is 12.7. The van der Waals surface area contributed by atoms with E-state index in [0.29, 0.717) is 19.0 Å². The monoisotopic (exact) mass is 345 g/mol. The minimum Gasteiger partial charge on any atom is -0.374 e. The van der Waals surface area contributed by atoms with E-state index in [1.54, 1.807) is 0 Å². The molecule has 5 nitrogen and oxygen atoms in total. The second-order valence-corrected chi connectivity index (χ2v) is 5.46. The molecule has 0 saturated carbocycles. The number of carbonyl (C=O) groups is 1. The number of benzene rings is 1. The number of nitrogens with zero attached hydrogens (tertiary/aromatic N) is 3. The highest BCUT2D eigenvalue weighted by Crippen LogP contribution is 2.27. The summed E-state index contributed by atoms with van der Waals surface area (Å²) in [7, 11) is 0. The van der Waals surface area contributed by atoms with Gasteiger partial charge in [0.2, 0.25) is 11.9 Å². The molecule has 2 heterocycles. The predicted octanol–water partition coefficient (Wildman–Crippen LogP) is 2.69. The Morgan fingerprint density at radius 2 is 2.04 bits per heavy atom. The maximum absolute atomic E-state index is 12.7. The van der Waals surface area contributed by atoms with Gasteiger partial charge in [-0.2, -0.15) is 8.78 Å². The highest BCUT2D eigenvalue weighted by atomic mass is 19.3. The summed E-state index contributed by atoms with van der Waals surface area (Å²) >= 11 is 0. The van der Waals surface area contributed by atoms with Crippen molar-refractivity contribution in [3.63, 3.8) is 0 Å². The molecule has 0 atom stereocenters. The summed E-state index contributed by atoms with van der Waals surface area (Å²) in [4.78, 5) is 18.0. The number of alkyl halides is 4. The highest BCUT2D eigenvalue weighted by Gasteiger charge is 2.41. The molecule has 3 rings (SSSR count). The van der Waals surface area contributed by atoms with Crippen LogP contribution in [0.3, 0.4) is 0 Å². The molecule has 1 aliphatic rings. The van der Waals surface area contributed by atoms with Gasteiger partial charge in [-0.1, -0.05) is 12.1 Å². The van der Waals surface area contributed by atoms with Crippen LogP contribution in [0.1, 0.15) is 6.42 Å². The molecule has 0 bridgehead atoms. The number of hydrogen-bond donors (Lipinski definition) is 0. The predicted molar refractivity (Wildman–Crippen MR) is 78.5 cm³/mol. The number of anilines is 1. The van der Waals surface area contributed by atoms with E-state index in [-0.39, 0.29) is 18.9 Å². The van der Waals surface area contributed by atoms with E-state index in [2.05, 4.69) is 9.72 Å². The topological polar surface area (TPSA) is 47.4 Å². The zero-order valence-electron chi connectivity index (χ0n) is 12.6. The van der Waals surface area contributed by atoms with Gasteiger partial charge in [-0.25, -0.2) is 13.8 Å². The molecule has 130 valence electrons. The molecule has 24 heavy (non-hydrogen) atoms. The molecule has 1 aromatic carbocycles. The summed E-state index contributed by atoms with van der Waals surface area (Å²) in [6.07, 6.45) is -3.96. The van der Waals surface area contributed by atoms with Crippen LogP contribution in [0.15, 0.2) is 24.3 Å². The Hall–Kier alpha value is -2.16. The zero-order valence-corrected chi connectivity index (χ0v) is 12.6. The van der Waals surface area contributed by atoms with E-state index in [9.17, 15) is 22.4 Å². The number of imidazole rings is 1. The summed E-state index contributed by atoms with van der Waals surface area (Å²) in [5.74, 6) is -4.05. The summed E-state index contributed by atoms with van der Waals surface area (Å²) in [6.45, 7) is -0.737. The first-order chi connectivity index (χ1) is 11.4. The molecule has 2 aromatic rings. The molecule has 9 heteroatoms. The minimum atomic E-state index is -4.20. The molecular weight excluding hydrogens is 330 g/mol. The molecule has 0 saturated heterocycles. The van der Waals surface area contributed by atoms with E-state index in [1.807, 2.05) is 28.8 Å². The van der Waals surface area contributed by atoms with Crippen LogP contribution >= 0.6 is 0 Å². The van der Waals surface area contributed by atoms with Crippen molar-refractivity contribution in [1.29, 1.82) is 0 Å². The number of aromatic nitrogens is 2. The number of rotatable bonds is 6. The van der Waals surface area contributed by atoms with Crippen LogP contribution in [-0.4, -0.2) is 47.6 Å². The quantitative estimate of drug-likeness (QED) is 0.597. The molecule has 0 fully saturated rings. The molecule has 0 spiro atoms. The fraction of sp³-hybridized carbons (Fsp3) is 0.467. The smallest absolute Gasteiger partial charge is 0.330 e. The maximum Gasteiger partial charge on any atom is 0.330 e. The minimum absolute atomic E-state index is 0.178. The fourth-order valence-electron chi connectivity index (χ4n) is 2.59. The molecule has 1 aliphatic heterocycles. The third-order valence-corrected chi connectivity index (χ3v) is 3.80. The second kappa shape index (κ2) is 6.39. The second-order valence-electron chi connectivity index (χ2n) is 5.46. The van der Waals surface area contributed by atoms with Crippen molar-refractivity contribution >= 4 is 22.9 Å². The van der Waals surface area contributed by atoms with Crippen molar-refractivity contribution in [2.75, 3.05) is 24.7 Å². The normalized spacial score (nSPS) is 14.6. The van der Waals surface area contributed by atoms with Crippen LogP contribution in [0.2, 0.25) is 0 Å². The first-order valence-electron chi connectivity index (χ1n) is 7.39. The van der Waals surface area contributed by atoms with Gasteiger partial charge in [-0.3, -0.25) is 9.69 Å². The van der Waals surface area contributed by atoms with Crippen LogP contribution in [-0.2, 0) is 16.1 Å². The number of halogens is 4. The standard InChI is InChI=1S/C15H15F4N3O2/c16-13(17)15(18,19)9-24-8-5-12(23)22-7-6-21-11-4-2-1-3-10(11)20-14(21)22/h1-4,13H,5-9H2. The lowest BCUT2D eigenvalue weighted by atomic mass is 10.3. The van der Waals surface area contributed by atoms with Crippen LogP contribution in [0.4, 0.5) is 23.5 Å². The van der Waals surface area contributed by atoms with Crippen molar-refractivity contribution in [2.45, 2.75) is 25.3 Å². The van der Waals surface area contributed by atoms with Crippen LogP contribution in [0.5, 0.6) is 0 Å². The molecule has 0 N–H and O–H groups in total. The van der Waals surface area contributed by atoms with Gasteiger partial charge < -0.3 is 9.30 Å². The fourth-order valence-corrected chi connectivity index (χ4v) is 2.59. The first-order valence-corrected chi connectivity index (χ1v) is 7.39. The highest BCUT2D eigenvalue weighted by molar-refractivity contribution is 5.94. The Morgan fingerprint density at radius 3 is 2.79 bits per heavy atom. The third kappa shape index (κ3) is 3.08. The van der Waals surface area contributed by atoms with Gasteiger partial charge in [-0.05, 0) is 12.1 Å². The van der Waals surface area contributed by atoms with E-state index in [4.69, 9.17) is 0 Å². The van der Waals surface area contributed by atoms with Crippen molar-refractivity contribution in [1.82, 2.24) is 9.55 Å². The molecule has 1 aromatic heterocycles. The molecule has 0 radical (unpaired) electrons. The van der Waals surface area contributed by atoms with Crippen LogP contribution in [0, 0.1) is 0 Å². The average molecular weight is 345 g/mol. The molecular formula is C15H15F4N3O2. The lowest BCUT2D eigenvalue weighted by molar-refractivity contribution is -0.166. The summed E-state index contributed by atoms with van der Waals surface area (Å²) in [5.41, 5.74) is 1.67. The number of hydrogen-bond acceptors (Lipinski definition) is 3. The van der Waals surface area contributed by atoms with Gasteiger partial charge >= 0.3 is 12.3 Å². The van der Waals surface area contributed by atoms with E-state index >= 15 is 0 Å². The number of para-hydroxylation sites is 2. The lowest BCUT2D eigenvalue weighted by Gasteiger charge is -2.16. The van der Waals surface area contributed by atoms with Gasteiger partial charge in [0.1, 0.15) is 6.61 Å². The number of carbonyl (C=O) groups excluding carboxylic acids is 1. The molecule has 1 amide bonds. The summed E-state index contributed by atoms with van der Waals surface area (Å²) in [5, 5.41) is 0. The SMILES string of the molecule is O=C(CCOCC(F)(F)C(F)F)N1CCn2c1nc1ccccc12. The third-order valence-electron chi connectivity index (χ3n) is 3.80. The zero-order chi connectivity index (χ0) is 17.3. The molecule has 0 unspecified atom stereocenters. The van der Waals surface area contributed by atoms with Crippen molar-refractivity contribution < 1.29 is 27.1 Å². The van der Waals surface area contributed by atoms with Crippen molar-refractivity contribution in [2.24, 2.45) is 0 Å². The van der Waals surface area contributed by atoms with Crippen molar-refractivity contribution in [3.8, 4) is 0 Å². The van der Waals surface area contributed by atoms with E-state index in [1.165, 1.54) is 4.90 Å². The van der Waals surface area contributed by atoms with Gasteiger partial charge in [-0.15, -0.1) is 0 Å². The van der Waals surface area contributed by atoms with Crippen molar-refractivity contribution in [3.05, 3.63) is 24.3 Å². The van der Waals surface area contributed by atoms with Gasteiger partial charge in [0, 0.05) is 13.1 Å². The lowest BCUT2D eigenvalue weighted by Crippen LogP contribution is -2.34. The van der Waals surface area contributed by atoms with Gasteiger partial charge in [0.15, 0.2) is 0 Å². The Balaban J connectivity index is 1.58. The number of fused-ring (bicyclic) bond motifs is 3. The molecule has 0 aliphatic carbocycles. The number of ether oxygens (including phenoxy) is 1. The largest absolute Gasteiger partial charge is 0.374 e. The summed E-state index contributed by atoms with van der Waals surface area (Å²) in [6, 6.07) is 7.45. The summed E-state index contributed by atoms with van der Waals surface area (Å²) < 4.78 is 55.8. The Kier molecular flexibility index (Phi) is 4.44. The van der Waals surface area contributed by atoms with E-state index in [0.717, 1.165) is 11.0 Å². The Bertz CT molecular complexity index is 747. The average Bonchev–Trinajstić information content (AvgIpc) is 3.10. The van der Waals surface area contributed by atoms with Crippen LogP contribution < -0.4 is 4.90 Å². The Labute approximate surface area is 134 Å². The Morgan fingerprint density at radius 1 is 1.29 bits per heavy atom. The number of amides is 1. The first kappa shape index (κ1) is 16.7. The van der Waals surface area contributed by atoms with Gasteiger partial charge in [0.05, 0.1) is 24.1 Å². The van der Waals surface area contributed by atoms with Gasteiger partial charge in [0.25, 0.3) is 0 Å². The van der Waals surface area contributed by atoms with E-state index < -0.39 is 19.0 Å².